The first-order valence-electron chi connectivity index (χ1n) is 4.73. The highest BCUT2D eigenvalue weighted by molar-refractivity contribution is 6.33. The lowest BCUT2D eigenvalue weighted by Gasteiger charge is -1.96. The maximum absolute atomic E-state index is 6.03. The molecule has 0 amide bonds. The number of aromatic nitrogens is 2. The number of pyridine rings is 1. The van der Waals surface area contributed by atoms with E-state index in [9.17, 15) is 0 Å². The van der Waals surface area contributed by atoms with Gasteiger partial charge >= 0.3 is 0 Å². The molecule has 0 aliphatic carbocycles. The Morgan fingerprint density at radius 3 is 2.88 bits per heavy atom. The van der Waals surface area contributed by atoms with Gasteiger partial charge in [-0.25, -0.2) is 4.98 Å². The summed E-state index contributed by atoms with van der Waals surface area (Å²) in [7, 11) is 0. The van der Waals surface area contributed by atoms with E-state index in [1.54, 1.807) is 22.8 Å². The highest BCUT2D eigenvalue weighted by Crippen LogP contribution is 2.29. The third kappa shape index (κ3) is 1.20. The number of halogens is 1. The zero-order valence-electron chi connectivity index (χ0n) is 8.22. The molecule has 3 aromatic rings. The topological polar surface area (TPSA) is 56.5 Å². The van der Waals surface area contributed by atoms with Gasteiger partial charge in [0.25, 0.3) is 0 Å². The van der Waals surface area contributed by atoms with Crippen LogP contribution in [0.15, 0.2) is 41.1 Å². The first-order valence-corrected chi connectivity index (χ1v) is 5.11. The van der Waals surface area contributed by atoms with Crippen molar-refractivity contribution in [3.8, 4) is 11.5 Å². The minimum absolute atomic E-state index is 0.521. The lowest BCUT2D eigenvalue weighted by atomic mass is 10.3. The number of hydrogen-bond donors (Lipinski definition) is 1. The van der Waals surface area contributed by atoms with Gasteiger partial charge in [0, 0.05) is 6.20 Å². The molecule has 0 unspecified atom stereocenters. The number of furan rings is 1. The van der Waals surface area contributed by atoms with E-state index >= 15 is 0 Å². The van der Waals surface area contributed by atoms with E-state index in [1.807, 2.05) is 18.3 Å². The summed E-state index contributed by atoms with van der Waals surface area (Å²) in [6, 6.07) is 7.20. The van der Waals surface area contributed by atoms with Crippen molar-refractivity contribution in [3.63, 3.8) is 0 Å². The Kier molecular flexibility index (Phi) is 1.91. The van der Waals surface area contributed by atoms with Gasteiger partial charge in [0.15, 0.2) is 11.4 Å². The third-order valence-corrected chi connectivity index (χ3v) is 2.69. The maximum atomic E-state index is 6.03. The second-order valence-corrected chi connectivity index (χ2v) is 3.78. The van der Waals surface area contributed by atoms with Crippen LogP contribution in [-0.4, -0.2) is 9.38 Å². The largest absolute Gasteiger partial charge is 0.463 e. The van der Waals surface area contributed by atoms with Gasteiger partial charge in [-0.3, -0.25) is 4.40 Å². The number of nitrogens with zero attached hydrogens (tertiary/aromatic N) is 2. The molecular weight excluding hydrogens is 226 g/mol. The van der Waals surface area contributed by atoms with Gasteiger partial charge in [0.2, 0.25) is 0 Å². The molecule has 2 N–H and O–H groups in total. The van der Waals surface area contributed by atoms with Gasteiger partial charge in [-0.15, -0.1) is 0 Å². The maximum Gasteiger partial charge on any atom is 0.158 e. The minimum Gasteiger partial charge on any atom is -0.463 e. The van der Waals surface area contributed by atoms with E-state index < -0.39 is 0 Å². The number of fused-ring (bicyclic) bond motifs is 1. The molecule has 0 saturated heterocycles. The summed E-state index contributed by atoms with van der Waals surface area (Å²) >= 11 is 6.03. The summed E-state index contributed by atoms with van der Waals surface area (Å²) in [6.07, 6.45) is 3.40. The van der Waals surface area contributed by atoms with E-state index in [1.165, 1.54) is 0 Å². The summed E-state index contributed by atoms with van der Waals surface area (Å²) in [5, 5.41) is 0.562. The van der Waals surface area contributed by atoms with Crippen molar-refractivity contribution in [1.82, 2.24) is 9.38 Å². The molecule has 0 saturated carbocycles. The zero-order chi connectivity index (χ0) is 11.1. The number of hydrogen-bond acceptors (Lipinski definition) is 3. The average molecular weight is 234 g/mol. The molecule has 5 heteroatoms. The predicted molar refractivity (Wildman–Crippen MR) is 62.3 cm³/mol. The third-order valence-electron chi connectivity index (χ3n) is 2.39. The smallest absolute Gasteiger partial charge is 0.158 e. The molecule has 80 valence electrons. The molecule has 0 spiro atoms. The average Bonchev–Trinajstić information content (AvgIpc) is 2.88. The molecular formula is C11H8ClN3O. The SMILES string of the molecule is Nc1c(-c2ccco2)nc2c(Cl)cccn12. The van der Waals surface area contributed by atoms with E-state index in [-0.39, 0.29) is 0 Å². The Balaban J connectivity index is 2.36. The fourth-order valence-corrected chi connectivity index (χ4v) is 1.85. The summed E-state index contributed by atoms with van der Waals surface area (Å²) < 4.78 is 7.01. The van der Waals surface area contributed by atoms with Crippen LogP contribution in [0.5, 0.6) is 0 Å². The van der Waals surface area contributed by atoms with Gasteiger partial charge in [0.1, 0.15) is 11.5 Å². The molecule has 3 heterocycles. The second kappa shape index (κ2) is 3.28. The lowest BCUT2D eigenvalue weighted by Crippen LogP contribution is -1.93. The Morgan fingerprint density at radius 1 is 1.31 bits per heavy atom. The Hall–Kier alpha value is -1.94. The van der Waals surface area contributed by atoms with Gasteiger partial charge in [-0.05, 0) is 24.3 Å². The van der Waals surface area contributed by atoms with Gasteiger partial charge in [-0.2, -0.15) is 0 Å². The molecule has 16 heavy (non-hydrogen) atoms. The number of imidazole rings is 1. The Bertz CT molecular complexity index is 643. The standard InChI is InChI=1S/C11H8ClN3O/c12-7-3-1-5-15-10(13)9(14-11(7)15)8-4-2-6-16-8/h1-6H,13H2. The van der Waals surface area contributed by atoms with Crippen LogP contribution < -0.4 is 5.73 Å². The van der Waals surface area contributed by atoms with Crippen LogP contribution in [0.3, 0.4) is 0 Å². The van der Waals surface area contributed by atoms with Crippen LogP contribution in [-0.2, 0) is 0 Å². The summed E-state index contributed by atoms with van der Waals surface area (Å²) in [6.45, 7) is 0. The first-order chi connectivity index (χ1) is 7.77. The molecule has 3 aromatic heterocycles. The fraction of sp³-hybridized carbons (Fsp3) is 0. The quantitative estimate of drug-likeness (QED) is 0.703. The van der Waals surface area contributed by atoms with E-state index in [0.29, 0.717) is 27.9 Å². The van der Waals surface area contributed by atoms with E-state index in [2.05, 4.69) is 4.98 Å². The van der Waals surface area contributed by atoms with E-state index in [4.69, 9.17) is 21.8 Å². The summed E-state index contributed by atoms with van der Waals surface area (Å²) in [5.74, 6) is 1.16. The normalized spacial score (nSPS) is 11.1. The Labute approximate surface area is 96.3 Å². The van der Waals surface area contributed by atoms with Gasteiger partial charge in [0.05, 0.1) is 11.3 Å². The monoisotopic (exact) mass is 233 g/mol. The first kappa shape index (κ1) is 9.30. The summed E-state index contributed by atoms with van der Waals surface area (Å²) in [5.41, 5.74) is 7.22. The molecule has 0 fully saturated rings. The van der Waals surface area contributed by atoms with Crippen LogP contribution in [0.1, 0.15) is 0 Å². The van der Waals surface area contributed by atoms with Crippen molar-refractivity contribution in [2.75, 3.05) is 5.73 Å². The van der Waals surface area contributed by atoms with Gasteiger partial charge in [-0.1, -0.05) is 11.6 Å². The van der Waals surface area contributed by atoms with Crippen molar-refractivity contribution in [2.24, 2.45) is 0 Å². The van der Waals surface area contributed by atoms with Crippen LogP contribution >= 0.6 is 11.6 Å². The van der Waals surface area contributed by atoms with Gasteiger partial charge < -0.3 is 10.2 Å². The lowest BCUT2D eigenvalue weighted by molar-refractivity contribution is 0.581. The Morgan fingerprint density at radius 2 is 2.19 bits per heavy atom. The van der Waals surface area contributed by atoms with Crippen molar-refractivity contribution in [1.29, 1.82) is 0 Å². The van der Waals surface area contributed by atoms with Crippen LogP contribution in [0.2, 0.25) is 5.02 Å². The van der Waals surface area contributed by atoms with Crippen molar-refractivity contribution < 1.29 is 4.42 Å². The predicted octanol–water partition coefficient (Wildman–Crippen LogP) is 2.83. The number of nitrogens with two attached hydrogens (primary N) is 1. The molecule has 0 aliphatic rings. The van der Waals surface area contributed by atoms with Crippen molar-refractivity contribution in [3.05, 3.63) is 41.7 Å². The number of nitrogen functional groups attached to an aromatic ring is 1. The zero-order valence-corrected chi connectivity index (χ0v) is 8.98. The van der Waals surface area contributed by atoms with Crippen molar-refractivity contribution in [2.45, 2.75) is 0 Å². The number of anilines is 1. The highest BCUT2D eigenvalue weighted by atomic mass is 35.5. The summed E-state index contributed by atoms with van der Waals surface area (Å²) in [4.78, 5) is 4.37. The van der Waals surface area contributed by atoms with Crippen LogP contribution in [0.25, 0.3) is 17.1 Å². The fourth-order valence-electron chi connectivity index (χ4n) is 1.65. The van der Waals surface area contributed by atoms with Crippen molar-refractivity contribution >= 4 is 23.1 Å². The number of rotatable bonds is 1. The molecule has 0 radical (unpaired) electrons. The highest BCUT2D eigenvalue weighted by Gasteiger charge is 2.14. The molecule has 0 aromatic carbocycles. The molecule has 4 nitrogen and oxygen atoms in total. The van der Waals surface area contributed by atoms with E-state index in [0.717, 1.165) is 0 Å². The molecule has 0 aliphatic heterocycles. The molecule has 0 atom stereocenters. The van der Waals surface area contributed by atoms with Crippen LogP contribution in [0, 0.1) is 0 Å². The second-order valence-electron chi connectivity index (χ2n) is 3.37. The minimum atomic E-state index is 0.521. The molecule has 0 bridgehead atoms. The van der Waals surface area contributed by atoms with Crippen LogP contribution in [0.4, 0.5) is 5.82 Å². The molecule has 3 rings (SSSR count).